The summed E-state index contributed by atoms with van der Waals surface area (Å²) in [5.74, 6) is 2.27. The molecule has 1 saturated heterocycles. The van der Waals surface area contributed by atoms with E-state index < -0.39 is 0 Å². The van der Waals surface area contributed by atoms with E-state index in [2.05, 4.69) is 22.2 Å². The van der Waals surface area contributed by atoms with E-state index in [0.29, 0.717) is 38.6 Å². The van der Waals surface area contributed by atoms with Crippen LogP contribution in [0.25, 0.3) is 11.0 Å². The third-order valence-electron chi connectivity index (χ3n) is 4.28. The molecule has 0 saturated carbocycles. The van der Waals surface area contributed by atoms with Crippen LogP contribution >= 0.6 is 11.8 Å². The number of thioether (sulfide) groups is 1. The summed E-state index contributed by atoms with van der Waals surface area (Å²) in [6.07, 6.45) is 2.37. The van der Waals surface area contributed by atoms with Gasteiger partial charge in [0.1, 0.15) is 5.82 Å². The molecule has 0 radical (unpaired) electrons. The molecule has 3 heterocycles. The Labute approximate surface area is 164 Å². The van der Waals surface area contributed by atoms with Crippen LogP contribution in [0.2, 0.25) is 0 Å². The number of carbonyl (C=O) groups excluding carboxylic acids is 1. The summed E-state index contributed by atoms with van der Waals surface area (Å²) in [7, 11) is 0. The maximum Gasteiger partial charge on any atom is 0.220 e. The molecule has 0 unspecified atom stereocenters. The van der Waals surface area contributed by atoms with Gasteiger partial charge in [-0.15, -0.1) is 0 Å². The van der Waals surface area contributed by atoms with E-state index in [9.17, 15) is 4.79 Å². The molecule has 0 aliphatic carbocycles. The Morgan fingerprint density at radius 3 is 2.81 bits per heavy atom. The second-order valence-corrected chi connectivity index (χ2v) is 8.15. The highest BCUT2D eigenvalue weighted by Crippen LogP contribution is 2.27. The first-order valence-electron chi connectivity index (χ1n) is 9.54. The van der Waals surface area contributed by atoms with E-state index in [-0.39, 0.29) is 5.91 Å². The van der Waals surface area contributed by atoms with Crippen LogP contribution in [0.15, 0.2) is 11.4 Å². The maximum atomic E-state index is 11.9. The van der Waals surface area contributed by atoms with Gasteiger partial charge in [0.25, 0.3) is 0 Å². The molecular weight excluding hydrogens is 364 g/mol. The van der Waals surface area contributed by atoms with Gasteiger partial charge < -0.3 is 15.0 Å². The zero-order valence-electron chi connectivity index (χ0n) is 16.3. The number of nitrogens with one attached hydrogen (secondary N) is 1. The summed E-state index contributed by atoms with van der Waals surface area (Å²) < 4.78 is 7.33. The summed E-state index contributed by atoms with van der Waals surface area (Å²) in [5.41, 5.74) is 0.820. The van der Waals surface area contributed by atoms with Crippen molar-refractivity contribution in [3.63, 3.8) is 0 Å². The van der Waals surface area contributed by atoms with Gasteiger partial charge in [0, 0.05) is 26.1 Å². The molecule has 0 aromatic carbocycles. The number of anilines is 1. The summed E-state index contributed by atoms with van der Waals surface area (Å²) in [5, 5.41) is 9.18. The highest BCUT2D eigenvalue weighted by molar-refractivity contribution is 7.99. The minimum Gasteiger partial charge on any atom is -0.378 e. The van der Waals surface area contributed by atoms with Crippen LogP contribution in [0.3, 0.4) is 0 Å². The van der Waals surface area contributed by atoms with E-state index in [4.69, 9.17) is 14.7 Å². The van der Waals surface area contributed by atoms with E-state index >= 15 is 0 Å². The third kappa shape index (κ3) is 5.10. The van der Waals surface area contributed by atoms with Gasteiger partial charge in [-0.05, 0) is 11.7 Å². The molecular formula is C18H28N6O2S. The van der Waals surface area contributed by atoms with Crippen molar-refractivity contribution >= 4 is 34.5 Å². The van der Waals surface area contributed by atoms with Gasteiger partial charge in [-0.3, -0.25) is 4.79 Å². The van der Waals surface area contributed by atoms with E-state index in [1.165, 1.54) is 0 Å². The first kappa shape index (κ1) is 19.9. The van der Waals surface area contributed by atoms with Gasteiger partial charge in [-0.2, -0.15) is 5.10 Å². The van der Waals surface area contributed by atoms with Crippen molar-refractivity contribution in [2.45, 2.75) is 38.9 Å². The van der Waals surface area contributed by atoms with Crippen LogP contribution in [0.1, 0.15) is 27.2 Å². The molecule has 0 spiro atoms. The fourth-order valence-electron chi connectivity index (χ4n) is 3.04. The normalized spacial score (nSPS) is 14.9. The third-order valence-corrected chi connectivity index (χ3v) is 5.01. The summed E-state index contributed by atoms with van der Waals surface area (Å²) in [6, 6.07) is 0. The number of ether oxygens (including phenoxy) is 1. The minimum absolute atomic E-state index is 0.0762. The molecule has 9 heteroatoms. The molecule has 1 aliphatic heterocycles. The lowest BCUT2D eigenvalue weighted by atomic mass is 10.1. The Morgan fingerprint density at radius 1 is 1.33 bits per heavy atom. The quantitative estimate of drug-likeness (QED) is 0.543. The van der Waals surface area contributed by atoms with Crippen molar-refractivity contribution in [3.05, 3.63) is 6.20 Å². The number of carbonyl (C=O) groups is 1. The van der Waals surface area contributed by atoms with Gasteiger partial charge in [-0.25, -0.2) is 14.6 Å². The first-order valence-corrected chi connectivity index (χ1v) is 10.5. The molecule has 2 aromatic heterocycles. The SMILES string of the molecule is CCSc1nc(N2CCOCC2)c2cnn(CCNC(=O)CC(C)C)c2n1. The fraction of sp³-hybridized carbons (Fsp3) is 0.667. The Bertz CT molecular complexity index is 773. The average Bonchev–Trinajstić information content (AvgIpc) is 3.04. The number of aromatic nitrogens is 4. The first-order chi connectivity index (χ1) is 13.1. The van der Waals surface area contributed by atoms with Crippen molar-refractivity contribution in [1.82, 2.24) is 25.1 Å². The molecule has 27 heavy (non-hydrogen) atoms. The average molecular weight is 393 g/mol. The number of fused-ring (bicyclic) bond motifs is 1. The van der Waals surface area contributed by atoms with Crippen LogP contribution in [-0.2, 0) is 16.1 Å². The molecule has 8 nitrogen and oxygen atoms in total. The van der Waals surface area contributed by atoms with Crippen LogP contribution in [0.4, 0.5) is 5.82 Å². The van der Waals surface area contributed by atoms with E-state index in [0.717, 1.165) is 40.9 Å². The molecule has 0 atom stereocenters. The summed E-state index contributed by atoms with van der Waals surface area (Å²) in [6.45, 7) is 10.3. The number of nitrogens with zero attached hydrogens (tertiary/aromatic N) is 5. The second-order valence-electron chi connectivity index (χ2n) is 6.92. The number of rotatable bonds is 8. The zero-order valence-corrected chi connectivity index (χ0v) is 17.1. The van der Waals surface area contributed by atoms with Crippen molar-refractivity contribution in [3.8, 4) is 0 Å². The number of amides is 1. The minimum atomic E-state index is 0.0762. The highest BCUT2D eigenvalue weighted by atomic mass is 32.2. The van der Waals surface area contributed by atoms with Gasteiger partial charge in [0.05, 0.1) is 31.3 Å². The lowest BCUT2D eigenvalue weighted by Gasteiger charge is -2.28. The molecule has 1 aliphatic rings. The molecule has 3 rings (SSSR count). The Balaban J connectivity index is 1.80. The topological polar surface area (TPSA) is 85.2 Å². The van der Waals surface area contributed by atoms with Crippen LogP contribution in [0.5, 0.6) is 0 Å². The Hall–Kier alpha value is -1.87. The fourth-order valence-corrected chi connectivity index (χ4v) is 3.60. The van der Waals surface area contributed by atoms with Crippen molar-refractivity contribution < 1.29 is 9.53 Å². The monoisotopic (exact) mass is 392 g/mol. The zero-order chi connectivity index (χ0) is 19.2. The number of morpholine rings is 1. The van der Waals surface area contributed by atoms with Crippen LogP contribution in [0, 0.1) is 5.92 Å². The predicted octanol–water partition coefficient (Wildman–Crippen LogP) is 1.94. The molecule has 1 fully saturated rings. The standard InChI is InChI=1S/C18H28N6O2S/c1-4-27-18-21-16(23-7-9-26-10-8-23)14-12-20-24(17(14)22-18)6-5-19-15(25)11-13(2)3/h12-13H,4-11H2,1-3H3,(H,19,25). The highest BCUT2D eigenvalue weighted by Gasteiger charge is 2.20. The molecule has 0 bridgehead atoms. The molecule has 2 aromatic rings. The smallest absolute Gasteiger partial charge is 0.220 e. The largest absolute Gasteiger partial charge is 0.378 e. The number of hydrogen-bond acceptors (Lipinski definition) is 7. The lowest BCUT2D eigenvalue weighted by molar-refractivity contribution is -0.121. The summed E-state index contributed by atoms with van der Waals surface area (Å²) in [4.78, 5) is 23.6. The van der Waals surface area contributed by atoms with E-state index in [1.807, 2.05) is 24.7 Å². The summed E-state index contributed by atoms with van der Waals surface area (Å²) >= 11 is 1.62. The Kier molecular flexibility index (Phi) is 6.89. The molecule has 148 valence electrons. The number of hydrogen-bond donors (Lipinski definition) is 1. The lowest BCUT2D eigenvalue weighted by Crippen LogP contribution is -2.37. The second kappa shape index (κ2) is 9.36. The van der Waals surface area contributed by atoms with Crippen molar-refractivity contribution in [1.29, 1.82) is 0 Å². The van der Waals surface area contributed by atoms with Crippen LogP contribution in [-0.4, -0.2) is 64.3 Å². The van der Waals surface area contributed by atoms with Gasteiger partial charge >= 0.3 is 0 Å². The van der Waals surface area contributed by atoms with Crippen molar-refractivity contribution in [2.24, 2.45) is 5.92 Å². The Morgan fingerprint density at radius 2 is 2.11 bits per heavy atom. The van der Waals surface area contributed by atoms with Gasteiger partial charge in [0.2, 0.25) is 5.91 Å². The molecule has 1 N–H and O–H groups in total. The predicted molar refractivity (Wildman–Crippen MR) is 107 cm³/mol. The molecule has 1 amide bonds. The maximum absolute atomic E-state index is 11.9. The van der Waals surface area contributed by atoms with Crippen molar-refractivity contribution in [2.75, 3.05) is 43.5 Å². The van der Waals surface area contributed by atoms with Gasteiger partial charge in [-0.1, -0.05) is 32.5 Å². The van der Waals surface area contributed by atoms with Crippen LogP contribution < -0.4 is 10.2 Å². The van der Waals surface area contributed by atoms with E-state index in [1.54, 1.807) is 11.8 Å². The van der Waals surface area contributed by atoms with Gasteiger partial charge in [0.15, 0.2) is 10.8 Å².